The summed E-state index contributed by atoms with van der Waals surface area (Å²) >= 11 is 0. The second kappa shape index (κ2) is 7.55. The van der Waals surface area contributed by atoms with Crippen LogP contribution >= 0.6 is 0 Å². The standard InChI is InChI=1S/C19H23N3O3/c1-12-3-7-14(8-4-12)21-19-22-16(18(20)23)11-17(25-19)13-5-9-15(24-2)10-6-13/h3-10,16-18,23H,11,20H2,1-2H3,(H,21,22). The van der Waals surface area contributed by atoms with Crippen molar-refractivity contribution < 1.29 is 14.6 Å². The summed E-state index contributed by atoms with van der Waals surface area (Å²) in [5.74, 6) is 0.779. The molecule has 0 amide bonds. The number of amidine groups is 1. The number of nitrogens with zero attached hydrogens (tertiary/aromatic N) is 1. The van der Waals surface area contributed by atoms with Gasteiger partial charge in [-0.3, -0.25) is 0 Å². The molecule has 3 atom stereocenters. The van der Waals surface area contributed by atoms with Crippen LogP contribution in [0.2, 0.25) is 0 Å². The molecule has 0 radical (unpaired) electrons. The van der Waals surface area contributed by atoms with Crippen molar-refractivity contribution in [1.82, 2.24) is 0 Å². The van der Waals surface area contributed by atoms with Crippen molar-refractivity contribution in [2.75, 3.05) is 12.4 Å². The number of ether oxygens (including phenoxy) is 2. The highest BCUT2D eigenvalue weighted by molar-refractivity contribution is 5.89. The van der Waals surface area contributed by atoms with Crippen molar-refractivity contribution in [2.45, 2.75) is 31.7 Å². The van der Waals surface area contributed by atoms with E-state index in [0.29, 0.717) is 12.4 Å². The van der Waals surface area contributed by atoms with E-state index in [-0.39, 0.29) is 6.10 Å². The predicted molar refractivity (Wildman–Crippen MR) is 97.7 cm³/mol. The summed E-state index contributed by atoms with van der Waals surface area (Å²) in [4.78, 5) is 4.39. The highest BCUT2D eigenvalue weighted by Crippen LogP contribution is 2.30. The quantitative estimate of drug-likeness (QED) is 0.744. The minimum atomic E-state index is -1.04. The average molecular weight is 341 g/mol. The molecule has 132 valence electrons. The van der Waals surface area contributed by atoms with E-state index in [9.17, 15) is 5.11 Å². The summed E-state index contributed by atoms with van der Waals surface area (Å²) in [6.45, 7) is 2.03. The van der Waals surface area contributed by atoms with Crippen LogP contribution in [-0.4, -0.2) is 30.5 Å². The van der Waals surface area contributed by atoms with Gasteiger partial charge in [0, 0.05) is 12.1 Å². The Morgan fingerprint density at radius 1 is 1.20 bits per heavy atom. The van der Waals surface area contributed by atoms with E-state index in [0.717, 1.165) is 17.0 Å². The molecular formula is C19H23N3O3. The number of nitrogens with two attached hydrogens (primary N) is 1. The number of anilines is 1. The Bertz CT molecular complexity index is 727. The van der Waals surface area contributed by atoms with Crippen molar-refractivity contribution in [3.63, 3.8) is 0 Å². The van der Waals surface area contributed by atoms with Crippen LogP contribution in [0.25, 0.3) is 0 Å². The smallest absolute Gasteiger partial charge is 0.290 e. The van der Waals surface area contributed by atoms with E-state index in [2.05, 4.69) is 10.3 Å². The molecule has 1 aliphatic heterocycles. The van der Waals surface area contributed by atoms with E-state index in [1.165, 1.54) is 5.56 Å². The van der Waals surface area contributed by atoms with E-state index in [4.69, 9.17) is 15.2 Å². The minimum absolute atomic E-state index is 0.250. The third kappa shape index (κ3) is 4.29. The van der Waals surface area contributed by atoms with Gasteiger partial charge in [-0.25, -0.2) is 4.99 Å². The molecule has 2 aromatic carbocycles. The third-order valence-corrected chi connectivity index (χ3v) is 4.18. The summed E-state index contributed by atoms with van der Waals surface area (Å²) < 4.78 is 11.2. The Kier molecular flexibility index (Phi) is 5.21. The number of methoxy groups -OCH3 is 1. The first-order valence-electron chi connectivity index (χ1n) is 8.21. The molecule has 1 aliphatic rings. The Balaban J connectivity index is 1.80. The highest BCUT2D eigenvalue weighted by Gasteiger charge is 2.29. The zero-order valence-electron chi connectivity index (χ0n) is 14.3. The number of nitrogens with one attached hydrogen (secondary N) is 1. The molecule has 6 nitrogen and oxygen atoms in total. The zero-order chi connectivity index (χ0) is 17.8. The molecule has 3 rings (SSSR count). The highest BCUT2D eigenvalue weighted by atomic mass is 16.5. The van der Waals surface area contributed by atoms with Crippen molar-refractivity contribution in [2.24, 2.45) is 10.7 Å². The van der Waals surface area contributed by atoms with E-state index >= 15 is 0 Å². The topological polar surface area (TPSA) is 89.1 Å². The fraction of sp³-hybridized carbons (Fsp3) is 0.316. The van der Waals surface area contributed by atoms with Gasteiger partial charge in [0.15, 0.2) is 0 Å². The SMILES string of the molecule is COc1ccc(C2CC(C(N)O)N=C(Nc3ccc(C)cc3)O2)cc1. The number of hydrogen-bond donors (Lipinski definition) is 3. The van der Waals surface area contributed by atoms with Gasteiger partial charge in [0.1, 0.15) is 18.1 Å². The predicted octanol–water partition coefficient (Wildman–Crippen LogP) is 2.58. The molecule has 25 heavy (non-hydrogen) atoms. The van der Waals surface area contributed by atoms with Crippen LogP contribution in [0.1, 0.15) is 23.7 Å². The number of aliphatic imine (C=N–C) groups is 1. The normalized spacial score (nSPS) is 21.0. The lowest BCUT2D eigenvalue weighted by atomic mass is 10.0. The molecule has 6 heteroatoms. The van der Waals surface area contributed by atoms with Gasteiger partial charge in [0.25, 0.3) is 6.02 Å². The summed E-state index contributed by atoms with van der Waals surface area (Å²) in [6.07, 6.45) is -0.790. The molecule has 4 N–H and O–H groups in total. The molecular weight excluding hydrogens is 318 g/mol. The van der Waals surface area contributed by atoms with Crippen LogP contribution < -0.4 is 15.8 Å². The minimum Gasteiger partial charge on any atom is -0.497 e. The van der Waals surface area contributed by atoms with Crippen molar-refractivity contribution >= 4 is 11.7 Å². The van der Waals surface area contributed by atoms with Gasteiger partial charge in [-0.1, -0.05) is 29.8 Å². The van der Waals surface area contributed by atoms with Crippen LogP contribution in [-0.2, 0) is 4.74 Å². The second-order valence-electron chi connectivity index (χ2n) is 6.10. The number of aliphatic hydroxyl groups excluding tert-OH is 1. The van der Waals surface area contributed by atoms with Gasteiger partial charge in [0.05, 0.1) is 13.2 Å². The summed E-state index contributed by atoms with van der Waals surface area (Å²) in [7, 11) is 1.63. The van der Waals surface area contributed by atoms with Gasteiger partial charge in [0.2, 0.25) is 0 Å². The number of rotatable bonds is 4. The van der Waals surface area contributed by atoms with Crippen LogP contribution in [0, 0.1) is 6.92 Å². The molecule has 3 unspecified atom stereocenters. The number of benzene rings is 2. The third-order valence-electron chi connectivity index (χ3n) is 4.18. The van der Waals surface area contributed by atoms with Gasteiger partial charge < -0.3 is 25.6 Å². The van der Waals surface area contributed by atoms with Crippen LogP contribution in [0.3, 0.4) is 0 Å². The average Bonchev–Trinajstić information content (AvgIpc) is 2.63. The van der Waals surface area contributed by atoms with Gasteiger partial charge in [-0.05, 0) is 36.8 Å². The first-order valence-corrected chi connectivity index (χ1v) is 8.21. The molecule has 0 aliphatic carbocycles. The van der Waals surface area contributed by atoms with Gasteiger partial charge in [-0.2, -0.15) is 0 Å². The molecule has 1 heterocycles. The number of aryl methyl sites for hydroxylation is 1. The van der Waals surface area contributed by atoms with Crippen molar-refractivity contribution in [1.29, 1.82) is 0 Å². The Hall–Kier alpha value is -2.57. The molecule has 2 aromatic rings. The fourth-order valence-electron chi connectivity index (χ4n) is 2.70. The summed E-state index contributed by atoms with van der Waals surface area (Å²) in [6, 6.07) is 15.5. The molecule has 0 saturated heterocycles. The molecule has 0 fully saturated rings. The van der Waals surface area contributed by atoms with E-state index < -0.39 is 12.3 Å². The van der Waals surface area contributed by atoms with E-state index in [1.807, 2.05) is 55.5 Å². The van der Waals surface area contributed by atoms with Crippen molar-refractivity contribution in [3.8, 4) is 5.75 Å². The molecule has 0 bridgehead atoms. The molecule has 0 spiro atoms. The second-order valence-corrected chi connectivity index (χ2v) is 6.10. The van der Waals surface area contributed by atoms with Crippen LogP contribution in [0.15, 0.2) is 53.5 Å². The van der Waals surface area contributed by atoms with E-state index in [1.54, 1.807) is 7.11 Å². The van der Waals surface area contributed by atoms with Crippen LogP contribution in [0.5, 0.6) is 5.75 Å². The van der Waals surface area contributed by atoms with Gasteiger partial charge in [-0.15, -0.1) is 0 Å². The molecule has 0 aromatic heterocycles. The lowest BCUT2D eigenvalue weighted by Crippen LogP contribution is -2.40. The summed E-state index contributed by atoms with van der Waals surface area (Å²) in [5, 5.41) is 13.0. The monoisotopic (exact) mass is 341 g/mol. The Morgan fingerprint density at radius 2 is 1.88 bits per heavy atom. The first-order chi connectivity index (χ1) is 12.0. The maximum Gasteiger partial charge on any atom is 0.290 e. The number of hydrogen-bond acceptors (Lipinski definition) is 6. The van der Waals surface area contributed by atoms with Crippen LogP contribution in [0.4, 0.5) is 5.69 Å². The largest absolute Gasteiger partial charge is 0.497 e. The number of aliphatic hydroxyl groups is 1. The molecule has 0 saturated carbocycles. The van der Waals surface area contributed by atoms with Crippen molar-refractivity contribution in [3.05, 3.63) is 59.7 Å². The fourth-order valence-corrected chi connectivity index (χ4v) is 2.70. The van der Waals surface area contributed by atoms with Gasteiger partial charge >= 0.3 is 0 Å². The maximum atomic E-state index is 9.81. The Labute approximate surface area is 147 Å². The Morgan fingerprint density at radius 3 is 2.48 bits per heavy atom. The zero-order valence-corrected chi connectivity index (χ0v) is 14.3. The lowest BCUT2D eigenvalue weighted by Gasteiger charge is -2.30. The summed E-state index contributed by atoms with van der Waals surface area (Å²) in [5.41, 5.74) is 8.69. The maximum absolute atomic E-state index is 9.81. The lowest BCUT2D eigenvalue weighted by molar-refractivity contribution is 0.0868. The first kappa shape index (κ1) is 17.3.